The second kappa shape index (κ2) is 4.57. The molecule has 0 radical (unpaired) electrons. The molecule has 0 unspecified atom stereocenters. The van der Waals surface area contributed by atoms with Gasteiger partial charge in [-0.1, -0.05) is 25.6 Å². The molecule has 0 bridgehead atoms. The molecule has 0 amide bonds. The fourth-order valence-corrected chi connectivity index (χ4v) is 8.68. The molecule has 0 saturated carbocycles. The number of hydrogen-bond acceptors (Lipinski definition) is 1. The molecule has 0 aliphatic rings. The first kappa shape index (κ1) is 13.1. The Bertz CT molecular complexity index is 178. The summed E-state index contributed by atoms with van der Waals surface area (Å²) in [5, 5.41) is 0. The highest BCUT2D eigenvalue weighted by molar-refractivity contribution is 6.86. The van der Waals surface area contributed by atoms with E-state index in [-0.39, 0.29) is 0 Å². The number of hydrogen-bond donors (Lipinski definition) is 0. The maximum absolute atomic E-state index is 6.17. The summed E-state index contributed by atoms with van der Waals surface area (Å²) in [5.41, 5.74) is 2.32. The highest BCUT2D eigenvalue weighted by Crippen LogP contribution is 2.15. The third-order valence-electron chi connectivity index (χ3n) is 1.45. The average Bonchev–Trinajstić information content (AvgIpc) is 1.78. The quantitative estimate of drug-likeness (QED) is 0.650. The monoisotopic (exact) mass is 216 g/mol. The van der Waals surface area contributed by atoms with Crippen LogP contribution in [0.5, 0.6) is 0 Å². The van der Waals surface area contributed by atoms with E-state index < -0.39 is 16.6 Å². The van der Waals surface area contributed by atoms with Crippen LogP contribution in [0.25, 0.3) is 0 Å². The zero-order valence-electron chi connectivity index (χ0n) is 10.1. The Balaban J connectivity index is 4.24. The summed E-state index contributed by atoms with van der Waals surface area (Å²) < 4.78 is 6.17. The predicted molar refractivity (Wildman–Crippen MR) is 65.9 cm³/mol. The second-order valence-electron chi connectivity index (χ2n) is 5.42. The summed E-state index contributed by atoms with van der Waals surface area (Å²) in [7, 11) is -2.87. The molecule has 0 aliphatic heterocycles. The van der Waals surface area contributed by atoms with Crippen molar-refractivity contribution in [3.8, 4) is 0 Å². The summed E-state index contributed by atoms with van der Waals surface area (Å²) in [6.45, 7) is 15.7. The summed E-state index contributed by atoms with van der Waals surface area (Å²) in [4.78, 5) is 0. The van der Waals surface area contributed by atoms with E-state index in [1.54, 1.807) is 0 Å². The topological polar surface area (TPSA) is 9.23 Å². The standard InChI is InChI=1S/C10H24OSi2/c1-10(2)8-9-13(6,7)11-12(3,4)5/h8-10H,1-7H3. The Morgan fingerprint density at radius 3 is 1.77 bits per heavy atom. The van der Waals surface area contributed by atoms with E-state index in [2.05, 4.69) is 58.4 Å². The van der Waals surface area contributed by atoms with Crippen molar-refractivity contribution in [2.45, 2.75) is 46.6 Å². The summed E-state index contributed by atoms with van der Waals surface area (Å²) in [6.07, 6.45) is 2.27. The van der Waals surface area contributed by atoms with E-state index in [1.807, 2.05) is 0 Å². The van der Waals surface area contributed by atoms with Crippen LogP contribution in [-0.2, 0) is 4.12 Å². The molecule has 13 heavy (non-hydrogen) atoms. The van der Waals surface area contributed by atoms with Crippen LogP contribution in [0.3, 0.4) is 0 Å². The van der Waals surface area contributed by atoms with Crippen LogP contribution in [0, 0.1) is 5.92 Å². The Hall–Kier alpha value is 0.134. The maximum atomic E-state index is 6.17. The zero-order valence-corrected chi connectivity index (χ0v) is 12.1. The van der Waals surface area contributed by atoms with E-state index in [0.29, 0.717) is 5.92 Å². The van der Waals surface area contributed by atoms with Crippen LogP contribution in [0.15, 0.2) is 11.8 Å². The van der Waals surface area contributed by atoms with Crippen molar-refractivity contribution >= 4 is 16.6 Å². The molecule has 0 spiro atoms. The third-order valence-corrected chi connectivity index (χ3v) is 7.00. The Morgan fingerprint density at radius 2 is 1.46 bits per heavy atom. The average molecular weight is 216 g/mol. The lowest BCUT2D eigenvalue weighted by atomic mass is 10.2. The van der Waals surface area contributed by atoms with Gasteiger partial charge in [0.1, 0.15) is 0 Å². The molecule has 0 aromatic rings. The van der Waals surface area contributed by atoms with Crippen molar-refractivity contribution < 1.29 is 4.12 Å². The van der Waals surface area contributed by atoms with Gasteiger partial charge in [0.15, 0.2) is 16.6 Å². The fourth-order valence-electron chi connectivity index (χ4n) is 1.25. The van der Waals surface area contributed by atoms with Gasteiger partial charge in [-0.3, -0.25) is 0 Å². The molecule has 0 rings (SSSR count). The summed E-state index contributed by atoms with van der Waals surface area (Å²) in [5.74, 6) is 0.636. The van der Waals surface area contributed by atoms with E-state index in [9.17, 15) is 0 Å². The predicted octanol–water partition coefficient (Wildman–Crippen LogP) is 3.79. The Kier molecular flexibility index (Phi) is 4.62. The minimum Gasteiger partial charge on any atom is -0.453 e. The highest BCUT2D eigenvalue weighted by atomic mass is 28.4. The van der Waals surface area contributed by atoms with Crippen molar-refractivity contribution in [3.63, 3.8) is 0 Å². The van der Waals surface area contributed by atoms with Gasteiger partial charge < -0.3 is 4.12 Å². The Morgan fingerprint density at radius 1 is 1.00 bits per heavy atom. The molecule has 0 aromatic carbocycles. The Labute approximate surface area is 85.5 Å². The molecular weight excluding hydrogens is 192 g/mol. The van der Waals surface area contributed by atoms with Crippen molar-refractivity contribution in [1.29, 1.82) is 0 Å². The van der Waals surface area contributed by atoms with Crippen LogP contribution in [0.4, 0.5) is 0 Å². The number of rotatable bonds is 4. The maximum Gasteiger partial charge on any atom is 0.198 e. The van der Waals surface area contributed by atoms with Crippen LogP contribution in [-0.4, -0.2) is 16.6 Å². The van der Waals surface area contributed by atoms with Gasteiger partial charge in [-0.2, -0.15) is 0 Å². The first-order chi connectivity index (χ1) is 5.62. The molecule has 0 aromatic heterocycles. The SMILES string of the molecule is CC(C)C=C[Si](C)(C)O[Si](C)(C)C. The van der Waals surface area contributed by atoms with E-state index in [0.717, 1.165) is 0 Å². The largest absolute Gasteiger partial charge is 0.453 e. The molecule has 78 valence electrons. The van der Waals surface area contributed by atoms with Crippen LogP contribution < -0.4 is 0 Å². The summed E-state index contributed by atoms with van der Waals surface area (Å²) >= 11 is 0. The smallest absolute Gasteiger partial charge is 0.198 e. The van der Waals surface area contributed by atoms with Gasteiger partial charge in [0.05, 0.1) is 0 Å². The number of allylic oxidation sites excluding steroid dienone is 1. The molecule has 0 atom stereocenters. The van der Waals surface area contributed by atoms with Gasteiger partial charge in [-0.15, -0.1) is 0 Å². The van der Waals surface area contributed by atoms with Crippen LogP contribution in [0.1, 0.15) is 13.8 Å². The zero-order chi connectivity index (χ0) is 10.7. The van der Waals surface area contributed by atoms with Gasteiger partial charge >= 0.3 is 0 Å². The van der Waals surface area contributed by atoms with Gasteiger partial charge in [-0.05, 0) is 38.7 Å². The van der Waals surface area contributed by atoms with Crippen LogP contribution in [0.2, 0.25) is 32.7 Å². The molecule has 1 nitrogen and oxygen atoms in total. The lowest BCUT2D eigenvalue weighted by Crippen LogP contribution is -2.41. The lowest BCUT2D eigenvalue weighted by molar-refractivity contribution is 0.564. The first-order valence-electron chi connectivity index (χ1n) is 5.02. The molecule has 0 N–H and O–H groups in total. The minimum absolute atomic E-state index is 0.636. The van der Waals surface area contributed by atoms with Gasteiger partial charge in [0.25, 0.3) is 0 Å². The van der Waals surface area contributed by atoms with E-state index >= 15 is 0 Å². The lowest BCUT2D eigenvalue weighted by Gasteiger charge is -2.29. The second-order valence-corrected chi connectivity index (χ2v) is 14.0. The molecular formula is C10H24OSi2. The van der Waals surface area contributed by atoms with Crippen LogP contribution >= 0.6 is 0 Å². The molecule has 0 fully saturated rings. The van der Waals surface area contributed by atoms with E-state index in [1.165, 1.54) is 0 Å². The molecule has 0 saturated heterocycles. The van der Waals surface area contributed by atoms with Crippen molar-refractivity contribution in [2.24, 2.45) is 5.92 Å². The van der Waals surface area contributed by atoms with Gasteiger partial charge in [0.2, 0.25) is 0 Å². The normalized spacial score (nSPS) is 14.5. The highest BCUT2D eigenvalue weighted by Gasteiger charge is 2.26. The van der Waals surface area contributed by atoms with Crippen molar-refractivity contribution in [3.05, 3.63) is 11.8 Å². The molecule has 3 heteroatoms. The fraction of sp³-hybridized carbons (Fsp3) is 0.800. The van der Waals surface area contributed by atoms with E-state index in [4.69, 9.17) is 4.12 Å². The van der Waals surface area contributed by atoms with Gasteiger partial charge in [-0.25, -0.2) is 0 Å². The minimum atomic E-state index is -1.52. The van der Waals surface area contributed by atoms with Gasteiger partial charge in [0, 0.05) is 0 Å². The third kappa shape index (κ3) is 8.46. The molecule has 0 heterocycles. The van der Waals surface area contributed by atoms with Crippen molar-refractivity contribution in [1.82, 2.24) is 0 Å². The summed E-state index contributed by atoms with van der Waals surface area (Å²) in [6, 6.07) is 0. The first-order valence-corrected chi connectivity index (χ1v) is 11.4. The molecule has 0 aliphatic carbocycles. The van der Waals surface area contributed by atoms with Crippen molar-refractivity contribution in [2.75, 3.05) is 0 Å².